The summed E-state index contributed by atoms with van der Waals surface area (Å²) >= 11 is 0. The number of carboxylic acid groups (broad SMARTS) is 1. The molecule has 1 atom stereocenters. The van der Waals surface area contributed by atoms with Gasteiger partial charge in [0, 0.05) is 25.2 Å². The average molecular weight is 262 g/mol. The van der Waals surface area contributed by atoms with Crippen molar-refractivity contribution in [2.75, 3.05) is 32.1 Å². The van der Waals surface area contributed by atoms with Crippen LogP contribution >= 0.6 is 0 Å². The highest BCUT2D eigenvalue weighted by Crippen LogP contribution is 2.36. The van der Waals surface area contributed by atoms with Crippen LogP contribution in [0.3, 0.4) is 0 Å². The highest BCUT2D eigenvalue weighted by Gasteiger charge is 2.35. The van der Waals surface area contributed by atoms with Gasteiger partial charge < -0.3 is 14.9 Å². The van der Waals surface area contributed by atoms with Crippen LogP contribution in [0.4, 0.5) is 5.69 Å². The summed E-state index contributed by atoms with van der Waals surface area (Å²) in [7, 11) is 3.82. The molecule has 0 aliphatic carbocycles. The van der Waals surface area contributed by atoms with Gasteiger partial charge in [-0.25, -0.2) is 0 Å². The van der Waals surface area contributed by atoms with Crippen LogP contribution in [0.5, 0.6) is 0 Å². The maximum Gasteiger partial charge on any atom is 0.312 e. The average Bonchev–Trinajstić information content (AvgIpc) is 2.75. The number of carbonyl (C=O) groups is 2. The number of anilines is 1. The monoisotopic (exact) mass is 262 g/mol. The molecule has 1 unspecified atom stereocenters. The van der Waals surface area contributed by atoms with Crippen LogP contribution in [0.15, 0.2) is 24.3 Å². The van der Waals surface area contributed by atoms with E-state index in [0.717, 1.165) is 11.3 Å². The predicted octanol–water partition coefficient (Wildman–Crippen LogP) is 1.15. The van der Waals surface area contributed by atoms with Gasteiger partial charge >= 0.3 is 5.97 Å². The minimum atomic E-state index is -0.879. The van der Waals surface area contributed by atoms with Crippen LogP contribution in [-0.4, -0.2) is 49.1 Å². The maximum atomic E-state index is 12.2. The van der Waals surface area contributed by atoms with Gasteiger partial charge in [0.15, 0.2) is 0 Å². The number of fused-ring (bicyclic) bond motifs is 1. The molecule has 2 rings (SSSR count). The van der Waals surface area contributed by atoms with Gasteiger partial charge in [-0.15, -0.1) is 0 Å². The molecule has 5 nitrogen and oxygen atoms in total. The molecule has 0 fully saturated rings. The van der Waals surface area contributed by atoms with Gasteiger partial charge in [0.2, 0.25) is 5.91 Å². The lowest BCUT2D eigenvalue weighted by atomic mass is 10.0. The quantitative estimate of drug-likeness (QED) is 0.884. The lowest BCUT2D eigenvalue weighted by Crippen LogP contribution is -2.33. The van der Waals surface area contributed by atoms with E-state index in [0.29, 0.717) is 13.0 Å². The molecule has 0 bridgehead atoms. The van der Waals surface area contributed by atoms with E-state index in [2.05, 4.69) is 0 Å². The topological polar surface area (TPSA) is 60.9 Å². The van der Waals surface area contributed by atoms with Crippen LogP contribution in [-0.2, 0) is 9.59 Å². The first-order chi connectivity index (χ1) is 9.00. The number of rotatable bonds is 4. The molecular formula is C14H18N2O3. The fourth-order valence-electron chi connectivity index (χ4n) is 2.31. The Labute approximate surface area is 112 Å². The zero-order valence-corrected chi connectivity index (χ0v) is 11.2. The summed E-state index contributed by atoms with van der Waals surface area (Å²) in [5.74, 6) is -1.51. The molecule has 0 spiro atoms. The van der Waals surface area contributed by atoms with E-state index in [1.165, 1.54) is 0 Å². The molecule has 102 valence electrons. The number of carbonyl (C=O) groups excluding carboxylic acids is 1. The zero-order chi connectivity index (χ0) is 14.0. The number of amides is 1. The Morgan fingerprint density at radius 2 is 2.05 bits per heavy atom. The molecule has 1 amide bonds. The van der Waals surface area contributed by atoms with Crippen molar-refractivity contribution < 1.29 is 14.7 Å². The minimum absolute atomic E-state index is 0.0232. The summed E-state index contributed by atoms with van der Waals surface area (Å²) in [6.45, 7) is 0.899. The van der Waals surface area contributed by atoms with Crippen molar-refractivity contribution in [3.63, 3.8) is 0 Å². The second-order valence-corrected chi connectivity index (χ2v) is 5.01. The summed E-state index contributed by atoms with van der Waals surface area (Å²) in [5.41, 5.74) is 1.46. The predicted molar refractivity (Wildman–Crippen MR) is 72.3 cm³/mol. The first-order valence-electron chi connectivity index (χ1n) is 6.27. The highest BCUT2D eigenvalue weighted by molar-refractivity contribution is 5.99. The molecule has 1 aliphatic heterocycles. The maximum absolute atomic E-state index is 12.2. The molecule has 1 aliphatic rings. The summed E-state index contributed by atoms with van der Waals surface area (Å²) in [6.07, 6.45) is 0.397. The molecular weight excluding hydrogens is 244 g/mol. The van der Waals surface area contributed by atoms with Crippen LogP contribution in [0, 0.1) is 0 Å². The second-order valence-electron chi connectivity index (χ2n) is 5.01. The smallest absolute Gasteiger partial charge is 0.312 e. The van der Waals surface area contributed by atoms with E-state index in [4.69, 9.17) is 0 Å². The number of hydrogen-bond donors (Lipinski definition) is 1. The SMILES string of the molecule is CN(C)CCC(=O)N1CC(C(=O)O)c2ccccc21. The number of nitrogens with zero attached hydrogens (tertiary/aromatic N) is 2. The molecule has 0 aromatic heterocycles. The van der Waals surface area contributed by atoms with Gasteiger partial charge in [-0.3, -0.25) is 9.59 Å². The largest absolute Gasteiger partial charge is 0.481 e. The summed E-state index contributed by atoms with van der Waals surface area (Å²) in [4.78, 5) is 27.0. The van der Waals surface area contributed by atoms with Crippen molar-refractivity contribution in [3.05, 3.63) is 29.8 Å². The van der Waals surface area contributed by atoms with Crippen LogP contribution < -0.4 is 4.90 Å². The van der Waals surface area contributed by atoms with Gasteiger partial charge in [0.25, 0.3) is 0 Å². The Morgan fingerprint density at radius 1 is 1.37 bits per heavy atom. The van der Waals surface area contributed by atoms with Crippen molar-refractivity contribution in [1.82, 2.24) is 4.90 Å². The van der Waals surface area contributed by atoms with Crippen LogP contribution in [0.2, 0.25) is 0 Å². The Morgan fingerprint density at radius 3 is 2.68 bits per heavy atom. The Hall–Kier alpha value is -1.88. The number of aliphatic carboxylic acids is 1. The van der Waals surface area contributed by atoms with Crippen molar-refractivity contribution in [3.8, 4) is 0 Å². The van der Waals surface area contributed by atoms with E-state index >= 15 is 0 Å². The first kappa shape index (κ1) is 13.5. The first-order valence-corrected chi connectivity index (χ1v) is 6.27. The summed E-state index contributed by atoms with van der Waals surface area (Å²) in [5, 5.41) is 9.23. The fourth-order valence-corrected chi connectivity index (χ4v) is 2.31. The van der Waals surface area contributed by atoms with E-state index < -0.39 is 11.9 Å². The van der Waals surface area contributed by atoms with Gasteiger partial charge in [-0.05, 0) is 25.7 Å². The van der Waals surface area contributed by atoms with Crippen molar-refractivity contribution >= 4 is 17.6 Å². The normalized spacial score (nSPS) is 17.6. The van der Waals surface area contributed by atoms with E-state index in [-0.39, 0.29) is 12.5 Å². The highest BCUT2D eigenvalue weighted by atomic mass is 16.4. The third kappa shape index (κ3) is 2.76. The molecule has 0 radical (unpaired) electrons. The van der Waals surface area contributed by atoms with Crippen molar-refractivity contribution in [1.29, 1.82) is 0 Å². The summed E-state index contributed by atoms with van der Waals surface area (Å²) in [6, 6.07) is 7.23. The Kier molecular flexibility index (Phi) is 3.85. The molecule has 0 saturated heterocycles. The van der Waals surface area contributed by atoms with Crippen molar-refractivity contribution in [2.45, 2.75) is 12.3 Å². The molecule has 1 aromatic carbocycles. The minimum Gasteiger partial charge on any atom is -0.481 e. The third-order valence-corrected chi connectivity index (χ3v) is 3.34. The number of carboxylic acids is 1. The fraction of sp³-hybridized carbons (Fsp3) is 0.429. The third-order valence-electron chi connectivity index (χ3n) is 3.34. The standard InChI is InChI=1S/C14H18N2O3/c1-15(2)8-7-13(17)16-9-11(14(18)19)10-5-3-4-6-12(10)16/h3-6,11H,7-9H2,1-2H3,(H,18,19). The molecule has 1 N–H and O–H groups in total. The van der Waals surface area contributed by atoms with Crippen molar-refractivity contribution in [2.24, 2.45) is 0 Å². The number of para-hydroxylation sites is 1. The van der Waals surface area contributed by atoms with Crippen LogP contribution in [0.25, 0.3) is 0 Å². The van der Waals surface area contributed by atoms with Gasteiger partial charge in [-0.1, -0.05) is 18.2 Å². The molecule has 19 heavy (non-hydrogen) atoms. The van der Waals surface area contributed by atoms with Gasteiger partial charge in [-0.2, -0.15) is 0 Å². The second kappa shape index (κ2) is 5.40. The van der Waals surface area contributed by atoms with E-state index in [1.54, 1.807) is 11.0 Å². The van der Waals surface area contributed by atoms with E-state index in [1.807, 2.05) is 37.2 Å². The molecule has 1 aromatic rings. The molecule has 1 heterocycles. The van der Waals surface area contributed by atoms with Gasteiger partial charge in [0.05, 0.1) is 0 Å². The number of benzene rings is 1. The Bertz CT molecular complexity index is 499. The number of hydrogen-bond acceptors (Lipinski definition) is 3. The molecule has 5 heteroatoms. The van der Waals surface area contributed by atoms with E-state index in [9.17, 15) is 14.7 Å². The van der Waals surface area contributed by atoms with Gasteiger partial charge in [0.1, 0.15) is 5.92 Å². The zero-order valence-electron chi connectivity index (χ0n) is 11.2. The lowest BCUT2D eigenvalue weighted by Gasteiger charge is -2.18. The lowest BCUT2D eigenvalue weighted by molar-refractivity contribution is -0.138. The van der Waals surface area contributed by atoms with Crippen LogP contribution in [0.1, 0.15) is 17.9 Å². The Balaban J connectivity index is 2.20. The summed E-state index contributed by atoms with van der Waals surface area (Å²) < 4.78 is 0. The molecule has 0 saturated carbocycles.